The molecule has 1 amide bonds. The summed E-state index contributed by atoms with van der Waals surface area (Å²) in [5, 5.41) is 0. The van der Waals surface area contributed by atoms with Crippen molar-refractivity contribution in [2.24, 2.45) is 4.99 Å². The zero-order chi connectivity index (χ0) is 24.4. The van der Waals surface area contributed by atoms with Crippen molar-refractivity contribution >= 4 is 17.4 Å². The van der Waals surface area contributed by atoms with E-state index in [1.54, 1.807) is 0 Å². The van der Waals surface area contributed by atoms with Gasteiger partial charge < -0.3 is 14.5 Å². The minimum Gasteiger partial charge on any atom is -0.454 e. The maximum Gasteiger partial charge on any atom is 0.230 e. The Morgan fingerprint density at radius 2 is 1.69 bits per heavy atom. The Bertz CT molecular complexity index is 1250. The SMILES string of the molecule is CCC(C(=O)N1CCCN(C2=Nc3ccc(C)cc3Oc3ccc(C)cc32)CC1)c1ccccc1. The molecule has 0 aromatic heterocycles. The van der Waals surface area contributed by atoms with E-state index in [0.717, 1.165) is 72.2 Å². The highest BCUT2D eigenvalue weighted by Crippen LogP contribution is 2.39. The van der Waals surface area contributed by atoms with Gasteiger partial charge in [0.1, 0.15) is 17.3 Å². The minimum atomic E-state index is -0.0927. The summed E-state index contributed by atoms with van der Waals surface area (Å²) < 4.78 is 6.34. The van der Waals surface area contributed by atoms with Crippen molar-refractivity contribution < 1.29 is 9.53 Å². The van der Waals surface area contributed by atoms with E-state index in [1.165, 1.54) is 5.56 Å². The third kappa shape index (κ3) is 4.81. The number of amides is 1. The molecule has 3 aromatic carbocycles. The number of nitrogens with zero attached hydrogens (tertiary/aromatic N) is 3. The summed E-state index contributed by atoms with van der Waals surface area (Å²) in [7, 11) is 0. The molecule has 0 bridgehead atoms. The van der Waals surface area contributed by atoms with E-state index >= 15 is 0 Å². The Balaban J connectivity index is 1.43. The molecule has 180 valence electrons. The van der Waals surface area contributed by atoms with E-state index in [4.69, 9.17) is 9.73 Å². The number of amidine groups is 1. The van der Waals surface area contributed by atoms with E-state index in [2.05, 4.69) is 56.0 Å². The van der Waals surface area contributed by atoms with Crippen LogP contribution >= 0.6 is 0 Å². The third-order valence-electron chi connectivity index (χ3n) is 6.95. The van der Waals surface area contributed by atoms with Crippen LogP contribution in [-0.2, 0) is 4.79 Å². The number of aryl methyl sites for hydroxylation is 2. The van der Waals surface area contributed by atoms with Crippen LogP contribution in [0.25, 0.3) is 0 Å². The van der Waals surface area contributed by atoms with Crippen molar-refractivity contribution in [2.75, 3.05) is 26.2 Å². The summed E-state index contributed by atoms with van der Waals surface area (Å²) in [6.07, 6.45) is 1.70. The largest absolute Gasteiger partial charge is 0.454 e. The first kappa shape index (κ1) is 23.2. The van der Waals surface area contributed by atoms with Crippen LogP contribution in [0.4, 0.5) is 5.69 Å². The number of rotatable bonds is 3. The van der Waals surface area contributed by atoms with Gasteiger partial charge in [0.05, 0.1) is 11.5 Å². The van der Waals surface area contributed by atoms with Crippen LogP contribution in [-0.4, -0.2) is 47.7 Å². The van der Waals surface area contributed by atoms with Gasteiger partial charge in [0, 0.05) is 26.2 Å². The van der Waals surface area contributed by atoms with Gasteiger partial charge in [-0.15, -0.1) is 0 Å². The molecule has 0 radical (unpaired) electrons. The van der Waals surface area contributed by atoms with Crippen molar-refractivity contribution in [3.63, 3.8) is 0 Å². The second-order valence-corrected chi connectivity index (χ2v) is 9.55. The summed E-state index contributed by atoms with van der Waals surface area (Å²) in [5.74, 6) is 2.67. The van der Waals surface area contributed by atoms with Crippen molar-refractivity contribution in [3.8, 4) is 11.5 Å². The summed E-state index contributed by atoms with van der Waals surface area (Å²) in [6, 6.07) is 22.6. The Kier molecular flexibility index (Phi) is 6.58. The minimum absolute atomic E-state index is 0.0927. The molecule has 2 aliphatic heterocycles. The smallest absolute Gasteiger partial charge is 0.230 e. The molecule has 5 heteroatoms. The topological polar surface area (TPSA) is 45.1 Å². The molecule has 0 aliphatic carbocycles. The predicted molar refractivity (Wildman–Crippen MR) is 141 cm³/mol. The Labute approximate surface area is 208 Å². The molecular weight excluding hydrogens is 434 g/mol. The molecule has 3 aromatic rings. The van der Waals surface area contributed by atoms with E-state index in [-0.39, 0.29) is 11.8 Å². The van der Waals surface area contributed by atoms with Gasteiger partial charge in [-0.1, -0.05) is 55.0 Å². The van der Waals surface area contributed by atoms with Gasteiger partial charge >= 0.3 is 0 Å². The van der Waals surface area contributed by atoms with E-state index < -0.39 is 0 Å². The van der Waals surface area contributed by atoms with Crippen LogP contribution in [0.15, 0.2) is 71.7 Å². The first-order chi connectivity index (χ1) is 17.0. The molecule has 1 fully saturated rings. The molecular formula is C30H33N3O2. The number of aliphatic imine (C=N–C) groups is 1. The maximum absolute atomic E-state index is 13.5. The fourth-order valence-corrected chi connectivity index (χ4v) is 5.05. The van der Waals surface area contributed by atoms with Gasteiger partial charge in [-0.3, -0.25) is 4.79 Å². The molecule has 35 heavy (non-hydrogen) atoms. The first-order valence-corrected chi connectivity index (χ1v) is 12.6. The summed E-state index contributed by atoms with van der Waals surface area (Å²) in [6.45, 7) is 9.29. The molecule has 1 unspecified atom stereocenters. The molecule has 1 saturated heterocycles. The zero-order valence-corrected chi connectivity index (χ0v) is 20.8. The standard InChI is InChI=1S/C30H33N3O2/c1-4-24(23-9-6-5-7-10-23)30(34)33-16-8-15-32(17-18-33)29-25-19-21(2)12-14-27(25)35-28-20-22(3)11-13-26(28)31-29/h5-7,9-14,19-20,24H,4,8,15-18H2,1-3H3. The van der Waals surface area contributed by atoms with Gasteiger partial charge in [-0.2, -0.15) is 0 Å². The summed E-state index contributed by atoms with van der Waals surface area (Å²) >= 11 is 0. The van der Waals surface area contributed by atoms with Crippen molar-refractivity contribution in [3.05, 3.63) is 89.0 Å². The van der Waals surface area contributed by atoms with Crippen LogP contribution in [0, 0.1) is 13.8 Å². The Morgan fingerprint density at radius 1 is 0.914 bits per heavy atom. The van der Waals surface area contributed by atoms with Gasteiger partial charge in [0.15, 0.2) is 5.75 Å². The molecule has 0 saturated carbocycles. The maximum atomic E-state index is 13.5. The van der Waals surface area contributed by atoms with Crippen LogP contribution in [0.5, 0.6) is 11.5 Å². The highest BCUT2D eigenvalue weighted by Gasteiger charge is 2.29. The molecule has 2 heterocycles. The number of fused-ring (bicyclic) bond motifs is 2. The lowest BCUT2D eigenvalue weighted by atomic mass is 9.95. The van der Waals surface area contributed by atoms with E-state index in [9.17, 15) is 4.79 Å². The van der Waals surface area contributed by atoms with Crippen molar-refractivity contribution in [1.29, 1.82) is 0 Å². The molecule has 5 rings (SSSR count). The lowest BCUT2D eigenvalue weighted by molar-refractivity contribution is -0.132. The molecule has 0 spiro atoms. The number of hydrogen-bond acceptors (Lipinski definition) is 4. The summed E-state index contributed by atoms with van der Waals surface area (Å²) in [4.78, 5) is 23.0. The van der Waals surface area contributed by atoms with Gasteiger partial charge in [-0.05, 0) is 62.1 Å². The van der Waals surface area contributed by atoms with E-state index in [0.29, 0.717) is 6.54 Å². The average Bonchev–Trinajstić information content (AvgIpc) is 3.20. The molecule has 5 nitrogen and oxygen atoms in total. The van der Waals surface area contributed by atoms with Crippen LogP contribution < -0.4 is 4.74 Å². The van der Waals surface area contributed by atoms with Crippen molar-refractivity contribution in [2.45, 2.75) is 39.5 Å². The zero-order valence-electron chi connectivity index (χ0n) is 20.8. The fraction of sp³-hybridized carbons (Fsp3) is 0.333. The number of carbonyl (C=O) groups excluding carboxylic acids is 1. The fourth-order valence-electron chi connectivity index (χ4n) is 5.05. The number of hydrogen-bond donors (Lipinski definition) is 0. The van der Waals surface area contributed by atoms with Crippen LogP contribution in [0.3, 0.4) is 0 Å². The normalized spacial score (nSPS) is 16.3. The lowest BCUT2D eigenvalue weighted by Gasteiger charge is -2.27. The second-order valence-electron chi connectivity index (χ2n) is 9.55. The highest BCUT2D eigenvalue weighted by atomic mass is 16.5. The molecule has 1 atom stereocenters. The quantitative estimate of drug-likeness (QED) is 0.460. The van der Waals surface area contributed by atoms with Crippen LogP contribution in [0.2, 0.25) is 0 Å². The van der Waals surface area contributed by atoms with Crippen molar-refractivity contribution in [1.82, 2.24) is 9.80 Å². The predicted octanol–water partition coefficient (Wildman–Crippen LogP) is 6.22. The monoisotopic (exact) mass is 467 g/mol. The highest BCUT2D eigenvalue weighted by molar-refractivity contribution is 6.04. The van der Waals surface area contributed by atoms with Gasteiger partial charge in [0.25, 0.3) is 0 Å². The summed E-state index contributed by atoms with van der Waals surface area (Å²) in [5.41, 5.74) is 5.26. The van der Waals surface area contributed by atoms with Crippen LogP contribution in [0.1, 0.15) is 47.9 Å². The Morgan fingerprint density at radius 3 is 2.49 bits per heavy atom. The Hall–Kier alpha value is -3.60. The lowest BCUT2D eigenvalue weighted by Crippen LogP contribution is -2.39. The first-order valence-electron chi connectivity index (χ1n) is 12.6. The number of carbonyl (C=O) groups is 1. The van der Waals surface area contributed by atoms with Gasteiger partial charge in [0.2, 0.25) is 5.91 Å². The number of benzene rings is 3. The molecule has 0 N–H and O–H groups in total. The van der Waals surface area contributed by atoms with Gasteiger partial charge in [-0.25, -0.2) is 4.99 Å². The molecule has 2 aliphatic rings. The second kappa shape index (κ2) is 9.95. The average molecular weight is 468 g/mol. The number of ether oxygens (including phenoxy) is 1. The third-order valence-corrected chi connectivity index (χ3v) is 6.95. The van der Waals surface area contributed by atoms with E-state index in [1.807, 2.05) is 41.3 Å².